The number of carbonyl (C=O) groups is 1. The highest BCUT2D eigenvalue weighted by Gasteiger charge is 2.21. The summed E-state index contributed by atoms with van der Waals surface area (Å²) < 4.78 is 8.70. The Balaban J connectivity index is 1.51. The van der Waals surface area contributed by atoms with Crippen LogP contribution in [0.4, 0.5) is 0 Å². The third kappa shape index (κ3) is 3.46. The topological polar surface area (TPSA) is 91.4 Å². The van der Waals surface area contributed by atoms with Gasteiger partial charge in [-0.1, -0.05) is 6.07 Å². The summed E-state index contributed by atoms with van der Waals surface area (Å²) >= 11 is 1.54. The maximum absolute atomic E-state index is 13.1. The minimum absolute atomic E-state index is 0.115. The fourth-order valence-corrected chi connectivity index (χ4v) is 4.39. The van der Waals surface area contributed by atoms with E-state index in [0.717, 1.165) is 10.4 Å². The van der Waals surface area contributed by atoms with Crippen LogP contribution in [-0.4, -0.2) is 30.1 Å². The number of aryl methyl sites for hydroxylation is 3. The number of hydrogen-bond acceptors (Lipinski definition) is 7. The number of ether oxygens (including phenoxy) is 1. The van der Waals surface area contributed by atoms with Crippen molar-refractivity contribution in [2.75, 3.05) is 0 Å². The van der Waals surface area contributed by atoms with Crippen molar-refractivity contribution in [3.63, 3.8) is 0 Å². The van der Waals surface area contributed by atoms with E-state index in [-0.39, 0.29) is 12.2 Å². The number of nitrogens with zero attached hydrogens (tertiary/aromatic N) is 5. The van der Waals surface area contributed by atoms with Crippen molar-refractivity contribution in [2.24, 2.45) is 7.05 Å². The summed E-state index contributed by atoms with van der Waals surface area (Å²) in [5.74, 6) is -0.516. The minimum Gasteiger partial charge on any atom is -0.456 e. The molecule has 5 aromatic heterocycles. The zero-order valence-electron chi connectivity index (χ0n) is 17.7. The first-order valence-electron chi connectivity index (χ1n) is 9.95. The van der Waals surface area contributed by atoms with E-state index in [2.05, 4.69) is 10.1 Å². The molecule has 0 aliphatic carbocycles. The lowest BCUT2D eigenvalue weighted by molar-refractivity contribution is 0.0470. The van der Waals surface area contributed by atoms with Gasteiger partial charge in [-0.3, -0.25) is 13.9 Å². The van der Waals surface area contributed by atoms with Crippen molar-refractivity contribution in [1.29, 1.82) is 0 Å². The van der Waals surface area contributed by atoms with Crippen LogP contribution in [0.1, 0.15) is 27.3 Å². The van der Waals surface area contributed by atoms with Crippen LogP contribution in [0.15, 0.2) is 52.8 Å². The summed E-state index contributed by atoms with van der Waals surface area (Å²) in [7, 11) is 1.80. The maximum atomic E-state index is 13.1. The Morgan fingerprint density at radius 2 is 2.00 bits per heavy atom. The van der Waals surface area contributed by atoms with E-state index >= 15 is 0 Å². The summed E-state index contributed by atoms with van der Waals surface area (Å²) in [5.41, 5.74) is 4.03. The van der Waals surface area contributed by atoms with E-state index in [1.54, 1.807) is 35.3 Å². The number of hydrogen-bond donors (Lipinski definition) is 0. The molecular weight excluding hydrogens is 426 g/mol. The van der Waals surface area contributed by atoms with Crippen LogP contribution in [0.5, 0.6) is 0 Å². The number of rotatable bonds is 4. The lowest BCUT2D eigenvalue weighted by Crippen LogP contribution is -2.17. The summed E-state index contributed by atoms with van der Waals surface area (Å²) in [6.07, 6.45) is 1.68. The van der Waals surface area contributed by atoms with E-state index in [1.807, 2.05) is 43.5 Å². The maximum Gasteiger partial charge on any atom is 0.339 e. The molecule has 160 valence electrons. The van der Waals surface area contributed by atoms with Crippen molar-refractivity contribution in [3.8, 4) is 10.6 Å². The third-order valence-electron chi connectivity index (χ3n) is 5.19. The second-order valence-corrected chi connectivity index (χ2v) is 8.48. The smallest absolute Gasteiger partial charge is 0.339 e. The van der Waals surface area contributed by atoms with Gasteiger partial charge in [-0.05, 0) is 49.1 Å². The highest BCUT2D eigenvalue weighted by Crippen LogP contribution is 2.29. The third-order valence-corrected chi connectivity index (χ3v) is 6.08. The van der Waals surface area contributed by atoms with Crippen molar-refractivity contribution in [3.05, 3.63) is 80.8 Å². The Morgan fingerprint density at radius 3 is 2.78 bits per heavy atom. The molecule has 5 rings (SSSR count). The molecule has 0 aromatic carbocycles. The molecular formula is C23H19N5O3S. The Morgan fingerprint density at radius 1 is 1.16 bits per heavy atom. The molecule has 0 bridgehead atoms. The van der Waals surface area contributed by atoms with Gasteiger partial charge in [0.05, 0.1) is 32.9 Å². The van der Waals surface area contributed by atoms with Crippen LogP contribution in [0, 0.1) is 13.8 Å². The Labute approximate surface area is 186 Å². The molecule has 5 heterocycles. The summed E-state index contributed by atoms with van der Waals surface area (Å²) in [6, 6.07) is 10.6. The molecule has 9 heteroatoms. The van der Waals surface area contributed by atoms with Crippen LogP contribution in [0.3, 0.4) is 0 Å². The first-order chi connectivity index (χ1) is 15.4. The van der Waals surface area contributed by atoms with Crippen molar-refractivity contribution in [1.82, 2.24) is 24.1 Å². The monoisotopic (exact) mass is 445 g/mol. The Hall–Kier alpha value is -3.85. The molecule has 8 nitrogen and oxygen atoms in total. The molecule has 0 atom stereocenters. The van der Waals surface area contributed by atoms with Gasteiger partial charge in [-0.15, -0.1) is 11.3 Å². The van der Waals surface area contributed by atoms with Crippen LogP contribution >= 0.6 is 11.3 Å². The van der Waals surface area contributed by atoms with E-state index in [1.165, 1.54) is 10.5 Å². The molecule has 0 spiro atoms. The number of pyridine rings is 2. The molecule has 0 aliphatic heterocycles. The Kier molecular flexibility index (Phi) is 4.82. The predicted molar refractivity (Wildman–Crippen MR) is 122 cm³/mol. The fraction of sp³-hybridized carbons (Fsp3) is 0.174. The van der Waals surface area contributed by atoms with E-state index < -0.39 is 5.97 Å². The molecule has 0 aliphatic rings. The normalized spacial score (nSPS) is 11.3. The summed E-state index contributed by atoms with van der Waals surface area (Å²) in [6.45, 7) is 3.64. The van der Waals surface area contributed by atoms with E-state index in [9.17, 15) is 9.59 Å². The van der Waals surface area contributed by atoms with Crippen molar-refractivity contribution >= 4 is 34.0 Å². The quantitative estimate of drug-likeness (QED) is 0.392. The first-order valence-corrected chi connectivity index (χ1v) is 10.8. The molecule has 0 unspecified atom stereocenters. The van der Waals surface area contributed by atoms with Gasteiger partial charge in [0.15, 0.2) is 5.65 Å². The Bertz CT molecular complexity index is 1550. The SMILES string of the molecule is Cc1ccn2c(=O)cc(COC(=O)c3cc(-c4cccs4)nc4c3c(C)nn4C)nc2c1. The molecule has 0 fully saturated rings. The second kappa shape index (κ2) is 7.69. The van der Waals surface area contributed by atoms with Gasteiger partial charge >= 0.3 is 5.97 Å². The van der Waals surface area contributed by atoms with Gasteiger partial charge in [-0.2, -0.15) is 5.10 Å². The zero-order valence-corrected chi connectivity index (χ0v) is 18.5. The van der Waals surface area contributed by atoms with Crippen LogP contribution in [0.25, 0.3) is 27.3 Å². The summed E-state index contributed by atoms with van der Waals surface area (Å²) in [4.78, 5) is 35.6. The molecule has 5 aromatic rings. The van der Waals surface area contributed by atoms with Gasteiger partial charge in [0.25, 0.3) is 5.56 Å². The van der Waals surface area contributed by atoms with Crippen LogP contribution in [-0.2, 0) is 18.4 Å². The molecule has 0 radical (unpaired) electrons. The van der Waals surface area contributed by atoms with Gasteiger partial charge < -0.3 is 4.74 Å². The summed E-state index contributed by atoms with van der Waals surface area (Å²) in [5, 5.41) is 7.03. The van der Waals surface area contributed by atoms with Crippen LogP contribution in [0.2, 0.25) is 0 Å². The molecule has 0 N–H and O–H groups in total. The lowest BCUT2D eigenvalue weighted by atomic mass is 10.1. The number of aromatic nitrogens is 5. The largest absolute Gasteiger partial charge is 0.456 e. The standard InChI is InChI=1S/C23H19N5O3S/c1-13-6-7-28-19(9-13)24-15(10-20(28)29)12-31-23(30)16-11-17(18-5-4-8-32-18)25-22-21(16)14(2)26-27(22)3/h4-11H,12H2,1-3H3. The highest BCUT2D eigenvalue weighted by atomic mass is 32.1. The number of esters is 1. The van der Waals surface area contributed by atoms with Crippen molar-refractivity contribution in [2.45, 2.75) is 20.5 Å². The van der Waals surface area contributed by atoms with Crippen molar-refractivity contribution < 1.29 is 9.53 Å². The van der Waals surface area contributed by atoms with Gasteiger partial charge in [0, 0.05) is 19.3 Å². The average Bonchev–Trinajstić information content (AvgIpc) is 3.40. The predicted octanol–water partition coefficient (Wildman–Crippen LogP) is 3.68. The zero-order chi connectivity index (χ0) is 22.4. The van der Waals surface area contributed by atoms with Gasteiger partial charge in [0.1, 0.15) is 12.3 Å². The second-order valence-electron chi connectivity index (χ2n) is 7.53. The van der Waals surface area contributed by atoms with E-state index in [4.69, 9.17) is 9.72 Å². The fourth-order valence-electron chi connectivity index (χ4n) is 3.70. The number of fused-ring (bicyclic) bond motifs is 2. The average molecular weight is 446 g/mol. The molecule has 32 heavy (non-hydrogen) atoms. The highest BCUT2D eigenvalue weighted by molar-refractivity contribution is 7.13. The number of thiophene rings is 1. The molecule has 0 saturated carbocycles. The lowest BCUT2D eigenvalue weighted by Gasteiger charge is -2.09. The molecule has 0 saturated heterocycles. The van der Waals surface area contributed by atoms with E-state index in [0.29, 0.717) is 39.3 Å². The first kappa shape index (κ1) is 20.1. The van der Waals surface area contributed by atoms with Gasteiger partial charge in [0.2, 0.25) is 0 Å². The van der Waals surface area contributed by atoms with Crippen LogP contribution < -0.4 is 5.56 Å². The van der Waals surface area contributed by atoms with Gasteiger partial charge in [-0.25, -0.2) is 14.8 Å². The minimum atomic E-state index is -0.516. The number of carbonyl (C=O) groups excluding carboxylic acids is 1. The molecule has 0 amide bonds.